The van der Waals surface area contributed by atoms with Gasteiger partial charge in [-0.2, -0.15) is 0 Å². The minimum Gasteiger partial charge on any atom is -0.399 e. The molecule has 2 N–H and O–H groups in total. The second-order valence-corrected chi connectivity index (χ2v) is 5.19. The van der Waals surface area contributed by atoms with Gasteiger partial charge in [-0.1, -0.05) is 13.8 Å². The van der Waals surface area contributed by atoms with Gasteiger partial charge in [-0.15, -0.1) is 0 Å². The lowest BCUT2D eigenvalue weighted by atomic mass is 10.0. The number of benzene rings is 1. The van der Waals surface area contributed by atoms with Crippen molar-refractivity contribution in [3.63, 3.8) is 0 Å². The molecule has 0 spiro atoms. The van der Waals surface area contributed by atoms with Gasteiger partial charge in [-0.25, -0.2) is 4.39 Å². The van der Waals surface area contributed by atoms with Crippen LogP contribution < -0.4 is 5.73 Å². The Bertz CT molecular complexity index is 459. The molecule has 1 aromatic rings. The van der Waals surface area contributed by atoms with Crippen molar-refractivity contribution in [2.24, 2.45) is 5.92 Å². The number of anilines is 1. The number of hydrogen-bond donors (Lipinski definition) is 1. The number of carbonyl (C=O) groups excluding carboxylic acids is 1. The summed E-state index contributed by atoms with van der Waals surface area (Å²) in [6, 6.07) is 4.35. The first-order valence-corrected chi connectivity index (χ1v) is 6.36. The first-order chi connectivity index (χ1) is 8.50. The van der Waals surface area contributed by atoms with E-state index >= 15 is 0 Å². The SMILES string of the molecule is CC(C)C1CCCN1C(=O)c1cc(N)ccc1F. The van der Waals surface area contributed by atoms with Gasteiger partial charge in [0.25, 0.3) is 5.91 Å². The van der Waals surface area contributed by atoms with Crippen molar-refractivity contribution in [3.8, 4) is 0 Å². The Hall–Kier alpha value is -1.58. The van der Waals surface area contributed by atoms with Crippen molar-refractivity contribution in [2.45, 2.75) is 32.7 Å². The van der Waals surface area contributed by atoms with Crippen molar-refractivity contribution in [1.82, 2.24) is 4.90 Å². The molecule has 1 fully saturated rings. The van der Waals surface area contributed by atoms with Gasteiger partial charge >= 0.3 is 0 Å². The number of hydrogen-bond acceptors (Lipinski definition) is 2. The van der Waals surface area contributed by atoms with Gasteiger partial charge in [0, 0.05) is 18.3 Å². The monoisotopic (exact) mass is 250 g/mol. The second kappa shape index (κ2) is 4.96. The van der Waals surface area contributed by atoms with Crippen LogP contribution in [0.1, 0.15) is 37.0 Å². The zero-order valence-electron chi connectivity index (χ0n) is 10.8. The summed E-state index contributed by atoms with van der Waals surface area (Å²) in [5.74, 6) is -0.347. The number of rotatable bonds is 2. The van der Waals surface area contributed by atoms with Crippen LogP contribution >= 0.6 is 0 Å². The normalized spacial score (nSPS) is 19.6. The molecular formula is C14H19FN2O. The van der Waals surface area contributed by atoms with Crippen molar-refractivity contribution < 1.29 is 9.18 Å². The smallest absolute Gasteiger partial charge is 0.257 e. The minimum atomic E-state index is -0.497. The maximum absolute atomic E-state index is 13.7. The Labute approximate surface area is 107 Å². The number of amides is 1. The van der Waals surface area contributed by atoms with E-state index in [1.54, 1.807) is 4.90 Å². The minimum absolute atomic E-state index is 0.0857. The second-order valence-electron chi connectivity index (χ2n) is 5.19. The summed E-state index contributed by atoms with van der Waals surface area (Å²) in [5.41, 5.74) is 6.12. The number of nitrogens with two attached hydrogens (primary N) is 1. The maximum Gasteiger partial charge on any atom is 0.257 e. The van der Waals surface area contributed by atoms with Crippen LogP contribution in [0.4, 0.5) is 10.1 Å². The van der Waals surface area contributed by atoms with Crippen molar-refractivity contribution in [3.05, 3.63) is 29.6 Å². The highest BCUT2D eigenvalue weighted by Crippen LogP contribution is 2.26. The molecule has 3 nitrogen and oxygen atoms in total. The number of carbonyl (C=O) groups is 1. The van der Waals surface area contributed by atoms with Gasteiger partial charge in [0.05, 0.1) is 5.56 Å². The quantitative estimate of drug-likeness (QED) is 0.820. The Morgan fingerprint density at radius 2 is 2.22 bits per heavy atom. The molecule has 1 unspecified atom stereocenters. The standard InChI is InChI=1S/C14H19FN2O/c1-9(2)13-4-3-7-17(13)14(18)11-8-10(16)5-6-12(11)15/h5-6,8-9,13H,3-4,7,16H2,1-2H3. The van der Waals surface area contributed by atoms with Gasteiger partial charge < -0.3 is 10.6 Å². The van der Waals surface area contributed by atoms with Crippen molar-refractivity contribution in [1.29, 1.82) is 0 Å². The van der Waals surface area contributed by atoms with E-state index < -0.39 is 5.82 Å². The van der Waals surface area contributed by atoms with Crippen LogP contribution in [-0.4, -0.2) is 23.4 Å². The molecule has 1 amide bonds. The summed E-state index contributed by atoms with van der Waals surface area (Å²) in [5, 5.41) is 0. The molecule has 0 aromatic heterocycles. The van der Waals surface area contributed by atoms with Gasteiger partial charge in [0.15, 0.2) is 0 Å². The van der Waals surface area contributed by atoms with Crippen LogP contribution in [0.5, 0.6) is 0 Å². The van der Waals surface area contributed by atoms with E-state index in [-0.39, 0.29) is 17.5 Å². The molecule has 1 atom stereocenters. The maximum atomic E-state index is 13.7. The van der Waals surface area contributed by atoms with Crippen LogP contribution in [0.3, 0.4) is 0 Å². The van der Waals surface area contributed by atoms with Crippen LogP contribution in [0.2, 0.25) is 0 Å². The third-order valence-electron chi connectivity index (χ3n) is 3.55. The predicted molar refractivity (Wildman–Crippen MR) is 69.7 cm³/mol. The highest BCUT2D eigenvalue weighted by molar-refractivity contribution is 5.95. The largest absolute Gasteiger partial charge is 0.399 e. The van der Waals surface area contributed by atoms with E-state index in [9.17, 15) is 9.18 Å². The fourth-order valence-electron chi connectivity index (χ4n) is 2.60. The zero-order chi connectivity index (χ0) is 13.3. The average Bonchev–Trinajstić information content (AvgIpc) is 2.80. The summed E-state index contributed by atoms with van der Waals surface area (Å²) in [6.45, 7) is 4.88. The van der Waals surface area contributed by atoms with Crippen molar-refractivity contribution >= 4 is 11.6 Å². The summed E-state index contributed by atoms with van der Waals surface area (Å²) in [6.07, 6.45) is 1.98. The molecule has 0 aliphatic carbocycles. The lowest BCUT2D eigenvalue weighted by molar-refractivity contribution is 0.0697. The summed E-state index contributed by atoms with van der Waals surface area (Å²) < 4.78 is 13.7. The topological polar surface area (TPSA) is 46.3 Å². The lowest BCUT2D eigenvalue weighted by Gasteiger charge is -2.28. The first-order valence-electron chi connectivity index (χ1n) is 6.36. The van der Waals surface area contributed by atoms with Gasteiger partial charge in [0.1, 0.15) is 5.82 Å². The van der Waals surface area contributed by atoms with E-state index in [4.69, 9.17) is 5.73 Å². The zero-order valence-corrected chi connectivity index (χ0v) is 10.8. The molecule has 0 radical (unpaired) electrons. The van der Waals surface area contributed by atoms with Crippen LogP contribution in [0, 0.1) is 11.7 Å². The van der Waals surface area contributed by atoms with Crippen LogP contribution in [-0.2, 0) is 0 Å². The molecule has 1 aliphatic rings. The Kier molecular flexibility index (Phi) is 3.55. The van der Waals surface area contributed by atoms with Crippen LogP contribution in [0.25, 0.3) is 0 Å². The number of nitrogens with zero attached hydrogens (tertiary/aromatic N) is 1. The molecule has 0 saturated carbocycles. The van der Waals surface area contributed by atoms with E-state index in [1.165, 1.54) is 18.2 Å². The number of nitrogen functional groups attached to an aromatic ring is 1. The van der Waals surface area contributed by atoms with E-state index in [1.807, 2.05) is 0 Å². The van der Waals surface area contributed by atoms with Gasteiger partial charge in [-0.05, 0) is 37.0 Å². The third kappa shape index (κ3) is 2.33. The summed E-state index contributed by atoms with van der Waals surface area (Å²) >= 11 is 0. The average molecular weight is 250 g/mol. The number of likely N-dealkylation sites (tertiary alicyclic amines) is 1. The molecule has 1 aliphatic heterocycles. The van der Waals surface area contributed by atoms with E-state index in [0.717, 1.165) is 12.8 Å². The number of halogens is 1. The fraction of sp³-hybridized carbons (Fsp3) is 0.500. The van der Waals surface area contributed by atoms with Gasteiger partial charge in [0.2, 0.25) is 0 Å². The van der Waals surface area contributed by atoms with Crippen LogP contribution in [0.15, 0.2) is 18.2 Å². The molecule has 18 heavy (non-hydrogen) atoms. The lowest BCUT2D eigenvalue weighted by Crippen LogP contribution is -2.38. The first kappa shape index (κ1) is 12.9. The Morgan fingerprint density at radius 3 is 2.89 bits per heavy atom. The molecule has 1 aromatic carbocycles. The molecule has 1 saturated heterocycles. The molecule has 98 valence electrons. The molecule has 1 heterocycles. The van der Waals surface area contributed by atoms with Gasteiger partial charge in [-0.3, -0.25) is 4.79 Å². The van der Waals surface area contributed by atoms with E-state index in [2.05, 4.69) is 13.8 Å². The van der Waals surface area contributed by atoms with E-state index in [0.29, 0.717) is 18.2 Å². The molecule has 4 heteroatoms. The molecule has 0 bridgehead atoms. The predicted octanol–water partition coefficient (Wildman–Crippen LogP) is 2.67. The fourth-order valence-corrected chi connectivity index (χ4v) is 2.60. The highest BCUT2D eigenvalue weighted by Gasteiger charge is 2.32. The third-order valence-corrected chi connectivity index (χ3v) is 3.55. The highest BCUT2D eigenvalue weighted by atomic mass is 19.1. The summed E-state index contributed by atoms with van der Waals surface area (Å²) in [4.78, 5) is 14.1. The molecule has 2 rings (SSSR count). The molecular weight excluding hydrogens is 231 g/mol. The van der Waals surface area contributed by atoms with Crippen molar-refractivity contribution in [2.75, 3.05) is 12.3 Å². The Morgan fingerprint density at radius 1 is 1.50 bits per heavy atom. The Balaban J connectivity index is 2.28. The summed E-state index contributed by atoms with van der Waals surface area (Å²) in [7, 11) is 0.